The molecule has 0 aromatic heterocycles. The normalized spacial score (nSPS) is 29.4. The maximum Gasteiger partial charge on any atom is 0.0477 e. The third-order valence-corrected chi connectivity index (χ3v) is 6.08. The van der Waals surface area contributed by atoms with Crippen LogP contribution in [0, 0.1) is 5.92 Å². The second-order valence-electron chi connectivity index (χ2n) is 7.44. The molecule has 3 nitrogen and oxygen atoms in total. The highest BCUT2D eigenvalue weighted by Gasteiger charge is 2.44. The van der Waals surface area contributed by atoms with Crippen LogP contribution in [-0.2, 0) is 4.74 Å². The summed E-state index contributed by atoms with van der Waals surface area (Å²) in [7, 11) is 1.82. The molecule has 3 atom stereocenters. The van der Waals surface area contributed by atoms with Gasteiger partial charge in [0.25, 0.3) is 0 Å². The van der Waals surface area contributed by atoms with Crippen LogP contribution in [0.25, 0.3) is 0 Å². The average molecular weight is 296 g/mol. The van der Waals surface area contributed by atoms with E-state index in [0.29, 0.717) is 17.6 Å². The molecule has 1 N–H and O–H groups in total. The summed E-state index contributed by atoms with van der Waals surface area (Å²) in [5.41, 5.74) is 0.426. The van der Waals surface area contributed by atoms with E-state index in [9.17, 15) is 0 Å². The highest BCUT2D eigenvalue weighted by molar-refractivity contribution is 5.02. The summed E-state index contributed by atoms with van der Waals surface area (Å²) in [5.74, 6) is 0.767. The van der Waals surface area contributed by atoms with Crippen molar-refractivity contribution in [1.29, 1.82) is 0 Å². The van der Waals surface area contributed by atoms with Crippen molar-refractivity contribution in [2.75, 3.05) is 26.8 Å². The molecule has 0 radical (unpaired) electrons. The minimum Gasteiger partial charge on any atom is -0.385 e. The SMILES string of the molecule is CCC(C)C1CN(C(C)CCOC)C2(CCCCC2)CN1. The second-order valence-corrected chi connectivity index (χ2v) is 7.44. The first-order valence-corrected chi connectivity index (χ1v) is 9.12. The van der Waals surface area contributed by atoms with Gasteiger partial charge in [-0.25, -0.2) is 0 Å². The minimum absolute atomic E-state index is 0.426. The average Bonchev–Trinajstić information content (AvgIpc) is 2.53. The van der Waals surface area contributed by atoms with E-state index in [2.05, 4.69) is 31.0 Å². The summed E-state index contributed by atoms with van der Waals surface area (Å²) in [6.07, 6.45) is 9.43. The third kappa shape index (κ3) is 4.00. The molecule has 0 aromatic rings. The van der Waals surface area contributed by atoms with Gasteiger partial charge in [0.05, 0.1) is 0 Å². The largest absolute Gasteiger partial charge is 0.385 e. The molecule has 1 aliphatic carbocycles. The molecule has 1 aliphatic heterocycles. The molecule has 1 saturated heterocycles. The van der Waals surface area contributed by atoms with Crippen molar-refractivity contribution in [2.24, 2.45) is 5.92 Å². The number of hydrogen-bond acceptors (Lipinski definition) is 3. The molecule has 3 heteroatoms. The lowest BCUT2D eigenvalue weighted by molar-refractivity contribution is -0.0327. The van der Waals surface area contributed by atoms with E-state index in [0.717, 1.165) is 18.9 Å². The summed E-state index contributed by atoms with van der Waals surface area (Å²) in [6.45, 7) is 10.4. The maximum absolute atomic E-state index is 5.33. The van der Waals surface area contributed by atoms with Crippen LogP contribution < -0.4 is 5.32 Å². The van der Waals surface area contributed by atoms with Gasteiger partial charge in [0.1, 0.15) is 0 Å². The number of piperazine rings is 1. The molecule has 3 unspecified atom stereocenters. The predicted molar refractivity (Wildman–Crippen MR) is 89.7 cm³/mol. The molecule has 2 rings (SSSR count). The Hall–Kier alpha value is -0.120. The highest BCUT2D eigenvalue weighted by Crippen LogP contribution is 2.38. The quantitative estimate of drug-likeness (QED) is 0.812. The number of ether oxygens (including phenoxy) is 1. The van der Waals surface area contributed by atoms with Crippen molar-refractivity contribution in [3.05, 3.63) is 0 Å². The zero-order valence-corrected chi connectivity index (χ0v) is 14.7. The Balaban J connectivity index is 2.09. The summed E-state index contributed by atoms with van der Waals surface area (Å²) >= 11 is 0. The minimum atomic E-state index is 0.426. The van der Waals surface area contributed by atoms with Crippen LogP contribution >= 0.6 is 0 Å². The van der Waals surface area contributed by atoms with Crippen LogP contribution in [0.15, 0.2) is 0 Å². The summed E-state index contributed by atoms with van der Waals surface area (Å²) in [6, 6.07) is 1.30. The van der Waals surface area contributed by atoms with Gasteiger partial charge in [-0.05, 0) is 32.1 Å². The van der Waals surface area contributed by atoms with Gasteiger partial charge in [-0.15, -0.1) is 0 Å². The summed E-state index contributed by atoms with van der Waals surface area (Å²) < 4.78 is 5.33. The van der Waals surface area contributed by atoms with Crippen LogP contribution in [0.2, 0.25) is 0 Å². The van der Waals surface area contributed by atoms with Gasteiger partial charge in [0, 0.05) is 44.4 Å². The maximum atomic E-state index is 5.33. The molecule has 1 heterocycles. The van der Waals surface area contributed by atoms with E-state index in [1.807, 2.05) is 7.11 Å². The van der Waals surface area contributed by atoms with Crippen molar-refractivity contribution < 1.29 is 4.74 Å². The monoisotopic (exact) mass is 296 g/mol. The second kappa shape index (κ2) is 7.94. The van der Waals surface area contributed by atoms with Crippen molar-refractivity contribution in [3.63, 3.8) is 0 Å². The van der Waals surface area contributed by atoms with Gasteiger partial charge < -0.3 is 10.1 Å². The Morgan fingerprint density at radius 1 is 1.24 bits per heavy atom. The molecule has 0 amide bonds. The number of nitrogens with one attached hydrogen (secondary N) is 1. The van der Waals surface area contributed by atoms with Gasteiger partial charge >= 0.3 is 0 Å². The van der Waals surface area contributed by atoms with Crippen molar-refractivity contribution in [2.45, 2.75) is 83.3 Å². The first-order chi connectivity index (χ1) is 10.1. The molecule has 2 fully saturated rings. The van der Waals surface area contributed by atoms with E-state index in [4.69, 9.17) is 4.74 Å². The predicted octanol–water partition coefficient (Wildman–Crippen LogP) is 3.43. The zero-order valence-electron chi connectivity index (χ0n) is 14.7. The van der Waals surface area contributed by atoms with Gasteiger partial charge in [0.15, 0.2) is 0 Å². The van der Waals surface area contributed by atoms with Gasteiger partial charge in [-0.3, -0.25) is 4.90 Å². The first-order valence-electron chi connectivity index (χ1n) is 9.12. The Morgan fingerprint density at radius 2 is 1.95 bits per heavy atom. The Labute approximate surface area is 131 Å². The molecule has 0 bridgehead atoms. The molecule has 124 valence electrons. The number of rotatable bonds is 6. The van der Waals surface area contributed by atoms with Crippen LogP contribution in [0.4, 0.5) is 0 Å². The molecule has 2 aliphatic rings. The molecular formula is C18H36N2O. The standard InChI is InChI=1S/C18H36N2O/c1-5-15(2)17-13-20(16(3)9-12-21-4)18(14-19-17)10-7-6-8-11-18/h15-17,19H,5-14H2,1-4H3. The van der Waals surface area contributed by atoms with Crippen LogP contribution in [-0.4, -0.2) is 49.3 Å². The van der Waals surface area contributed by atoms with Crippen molar-refractivity contribution in [1.82, 2.24) is 10.2 Å². The first kappa shape index (κ1) is 17.2. The highest BCUT2D eigenvalue weighted by atomic mass is 16.5. The fourth-order valence-corrected chi connectivity index (χ4v) is 4.32. The summed E-state index contributed by atoms with van der Waals surface area (Å²) in [5, 5.41) is 3.90. The zero-order chi connectivity index (χ0) is 15.3. The van der Waals surface area contributed by atoms with Crippen LogP contribution in [0.3, 0.4) is 0 Å². The topological polar surface area (TPSA) is 24.5 Å². The lowest BCUT2D eigenvalue weighted by Gasteiger charge is -2.55. The molecule has 1 saturated carbocycles. The molecular weight excluding hydrogens is 260 g/mol. The number of hydrogen-bond donors (Lipinski definition) is 1. The third-order valence-electron chi connectivity index (χ3n) is 6.08. The van der Waals surface area contributed by atoms with E-state index in [1.54, 1.807) is 0 Å². The Morgan fingerprint density at radius 3 is 2.57 bits per heavy atom. The molecule has 21 heavy (non-hydrogen) atoms. The van der Waals surface area contributed by atoms with E-state index >= 15 is 0 Å². The fraction of sp³-hybridized carbons (Fsp3) is 1.00. The lowest BCUT2D eigenvalue weighted by atomic mass is 9.76. The van der Waals surface area contributed by atoms with Gasteiger partial charge in [0.2, 0.25) is 0 Å². The van der Waals surface area contributed by atoms with Crippen molar-refractivity contribution >= 4 is 0 Å². The van der Waals surface area contributed by atoms with Gasteiger partial charge in [-0.1, -0.05) is 39.5 Å². The number of nitrogens with zero attached hydrogens (tertiary/aromatic N) is 1. The van der Waals surface area contributed by atoms with Crippen LogP contribution in [0.5, 0.6) is 0 Å². The van der Waals surface area contributed by atoms with E-state index in [1.165, 1.54) is 51.6 Å². The smallest absolute Gasteiger partial charge is 0.0477 e. The van der Waals surface area contributed by atoms with Crippen LogP contribution in [0.1, 0.15) is 65.7 Å². The fourth-order valence-electron chi connectivity index (χ4n) is 4.32. The Bertz CT molecular complexity index is 302. The lowest BCUT2D eigenvalue weighted by Crippen LogP contribution is -2.68. The molecule has 1 spiro atoms. The summed E-state index contributed by atoms with van der Waals surface area (Å²) in [4.78, 5) is 2.86. The van der Waals surface area contributed by atoms with E-state index < -0.39 is 0 Å². The van der Waals surface area contributed by atoms with Crippen molar-refractivity contribution in [3.8, 4) is 0 Å². The molecule has 0 aromatic carbocycles. The van der Waals surface area contributed by atoms with Gasteiger partial charge in [-0.2, -0.15) is 0 Å². The number of methoxy groups -OCH3 is 1. The van der Waals surface area contributed by atoms with E-state index in [-0.39, 0.29) is 0 Å². The Kier molecular flexibility index (Phi) is 6.51.